The van der Waals surface area contributed by atoms with E-state index >= 15 is 0 Å². The minimum absolute atomic E-state index is 0.0364. The Labute approximate surface area is 218 Å². The number of fused-ring (bicyclic) bond motifs is 1. The maximum Gasteiger partial charge on any atom is 0.433 e. The molecule has 5 rings (SSSR count). The van der Waals surface area contributed by atoms with E-state index in [1.807, 2.05) is 12.1 Å². The van der Waals surface area contributed by atoms with E-state index in [2.05, 4.69) is 20.5 Å². The Morgan fingerprint density at radius 3 is 2.45 bits per heavy atom. The van der Waals surface area contributed by atoms with Gasteiger partial charge in [0.2, 0.25) is 0 Å². The Bertz CT molecular complexity index is 1670. The van der Waals surface area contributed by atoms with Crippen LogP contribution in [-0.2, 0) is 12.7 Å². The number of rotatable bonds is 5. The van der Waals surface area contributed by atoms with Gasteiger partial charge in [-0.3, -0.25) is 9.48 Å². The number of carbonyl (C=O) groups excluding carboxylic acids is 1. The Hall–Kier alpha value is -4.25. The highest BCUT2D eigenvalue weighted by atomic mass is 35.5. The number of nitrogens with zero attached hydrogens (tertiary/aromatic N) is 5. The summed E-state index contributed by atoms with van der Waals surface area (Å²) in [5, 5.41) is 11.6. The Kier molecular flexibility index (Phi) is 6.39. The largest absolute Gasteiger partial charge is 0.433 e. The first-order chi connectivity index (χ1) is 18.0. The normalized spacial score (nSPS) is 11.8. The number of nitrogens with one attached hydrogen (secondary N) is 1. The summed E-state index contributed by atoms with van der Waals surface area (Å²) >= 11 is 6.06. The Balaban J connectivity index is 1.48. The molecule has 0 saturated carbocycles. The van der Waals surface area contributed by atoms with Crippen LogP contribution in [-0.4, -0.2) is 30.3 Å². The fourth-order valence-corrected chi connectivity index (χ4v) is 4.29. The van der Waals surface area contributed by atoms with E-state index in [9.17, 15) is 22.4 Å². The first-order valence-electron chi connectivity index (χ1n) is 11.3. The van der Waals surface area contributed by atoms with Crippen LogP contribution in [0.1, 0.15) is 33.1 Å². The van der Waals surface area contributed by atoms with E-state index in [4.69, 9.17) is 11.6 Å². The van der Waals surface area contributed by atoms with E-state index in [-0.39, 0.29) is 22.6 Å². The summed E-state index contributed by atoms with van der Waals surface area (Å²) in [6, 6.07) is 14.1. The van der Waals surface area contributed by atoms with Crippen LogP contribution < -0.4 is 5.32 Å². The summed E-state index contributed by atoms with van der Waals surface area (Å²) in [7, 11) is 0. The highest BCUT2D eigenvalue weighted by Crippen LogP contribution is 2.32. The minimum atomic E-state index is -4.79. The minimum Gasteiger partial charge on any atom is -0.317 e. The molecule has 12 heteroatoms. The van der Waals surface area contributed by atoms with Crippen molar-refractivity contribution in [3.05, 3.63) is 99.8 Å². The number of amides is 1. The fourth-order valence-electron chi connectivity index (χ4n) is 4.07. The first kappa shape index (κ1) is 25.4. The van der Waals surface area contributed by atoms with E-state index in [1.54, 1.807) is 30.7 Å². The summed E-state index contributed by atoms with van der Waals surface area (Å²) in [6.07, 6.45) is -4.79. The van der Waals surface area contributed by atoms with E-state index in [1.165, 1.54) is 18.2 Å². The molecular weight excluding hydrogens is 524 g/mol. The molecule has 1 N–H and O–H groups in total. The molecule has 0 bridgehead atoms. The summed E-state index contributed by atoms with van der Waals surface area (Å²) in [6.45, 7) is 3.88. The van der Waals surface area contributed by atoms with Gasteiger partial charge >= 0.3 is 6.18 Å². The molecule has 0 radical (unpaired) electrons. The van der Waals surface area contributed by atoms with E-state index in [0.717, 1.165) is 23.8 Å². The third kappa shape index (κ3) is 4.97. The van der Waals surface area contributed by atoms with Gasteiger partial charge in [0.05, 0.1) is 29.3 Å². The zero-order valence-electron chi connectivity index (χ0n) is 20.0. The number of aromatic nitrogens is 5. The Morgan fingerprint density at radius 1 is 1.03 bits per heavy atom. The number of benzene rings is 2. The number of halogens is 5. The van der Waals surface area contributed by atoms with Gasteiger partial charge in [-0.2, -0.15) is 23.4 Å². The van der Waals surface area contributed by atoms with Crippen molar-refractivity contribution in [1.82, 2.24) is 24.4 Å². The van der Waals surface area contributed by atoms with Crippen molar-refractivity contribution < 1.29 is 22.4 Å². The molecule has 2 aromatic carbocycles. The van der Waals surface area contributed by atoms with Crippen LogP contribution in [0.15, 0.2) is 60.7 Å². The van der Waals surface area contributed by atoms with E-state index < -0.39 is 23.6 Å². The second kappa shape index (κ2) is 9.56. The third-order valence-electron chi connectivity index (χ3n) is 5.93. The molecule has 5 aromatic rings. The second-order valence-electron chi connectivity index (χ2n) is 8.62. The standard InChI is InChI=1S/C26H19ClF4N6O/c1-14-24(15(2)36(34-14)13-16-4-3-5-18(27)10-16)33-25(38)21-12-23-32-20(17-6-8-19(28)9-7-17)11-22(26(29,30)31)37(23)35-21/h3-12H,13H2,1-2H3,(H,33,38). The smallest absolute Gasteiger partial charge is 0.317 e. The monoisotopic (exact) mass is 542 g/mol. The van der Waals surface area contributed by atoms with Crippen LogP contribution in [0.3, 0.4) is 0 Å². The number of alkyl halides is 3. The number of hydrogen-bond donors (Lipinski definition) is 1. The summed E-state index contributed by atoms with van der Waals surface area (Å²) in [5.74, 6) is -1.25. The highest BCUT2D eigenvalue weighted by molar-refractivity contribution is 6.30. The van der Waals surface area contributed by atoms with Gasteiger partial charge in [-0.15, -0.1) is 0 Å². The topological polar surface area (TPSA) is 77.1 Å². The van der Waals surface area contributed by atoms with Crippen LogP contribution >= 0.6 is 11.6 Å². The predicted octanol–water partition coefficient (Wildman–Crippen LogP) is 6.32. The van der Waals surface area contributed by atoms with Gasteiger partial charge in [0.15, 0.2) is 17.0 Å². The quantitative estimate of drug-likeness (QED) is 0.264. The lowest BCUT2D eigenvalue weighted by molar-refractivity contribution is -0.142. The summed E-state index contributed by atoms with van der Waals surface area (Å²) in [5.41, 5.74) is 1.17. The Morgan fingerprint density at radius 2 is 1.76 bits per heavy atom. The van der Waals surface area contributed by atoms with Crippen molar-refractivity contribution in [1.29, 1.82) is 0 Å². The molecule has 194 valence electrons. The van der Waals surface area contributed by atoms with Crippen LogP contribution in [0, 0.1) is 19.7 Å². The van der Waals surface area contributed by atoms with Gasteiger partial charge in [0.25, 0.3) is 5.91 Å². The van der Waals surface area contributed by atoms with Crippen LogP contribution in [0.2, 0.25) is 5.02 Å². The number of aryl methyl sites for hydroxylation is 1. The maximum atomic E-state index is 13.9. The molecule has 0 aliphatic rings. The first-order valence-corrected chi connectivity index (χ1v) is 11.7. The average molecular weight is 543 g/mol. The summed E-state index contributed by atoms with van der Waals surface area (Å²) < 4.78 is 57.2. The second-order valence-corrected chi connectivity index (χ2v) is 9.05. The lowest BCUT2D eigenvalue weighted by Crippen LogP contribution is -2.16. The molecule has 0 atom stereocenters. The van der Waals surface area contributed by atoms with Gasteiger partial charge in [0.1, 0.15) is 5.82 Å². The van der Waals surface area contributed by atoms with Gasteiger partial charge in [-0.25, -0.2) is 13.9 Å². The summed E-state index contributed by atoms with van der Waals surface area (Å²) in [4.78, 5) is 17.3. The molecule has 0 spiro atoms. The molecule has 0 saturated heterocycles. The van der Waals surface area contributed by atoms with Crippen molar-refractivity contribution in [2.45, 2.75) is 26.6 Å². The zero-order chi connectivity index (χ0) is 27.2. The van der Waals surface area contributed by atoms with Gasteiger partial charge < -0.3 is 5.32 Å². The van der Waals surface area contributed by atoms with Crippen molar-refractivity contribution in [3.63, 3.8) is 0 Å². The van der Waals surface area contributed by atoms with Gasteiger partial charge in [0, 0.05) is 16.7 Å². The molecule has 7 nitrogen and oxygen atoms in total. The van der Waals surface area contributed by atoms with Crippen LogP contribution in [0.5, 0.6) is 0 Å². The number of hydrogen-bond acceptors (Lipinski definition) is 4. The molecule has 1 amide bonds. The molecule has 38 heavy (non-hydrogen) atoms. The van der Waals surface area contributed by atoms with Gasteiger partial charge in [-0.1, -0.05) is 23.7 Å². The number of anilines is 1. The maximum absolute atomic E-state index is 13.9. The van der Waals surface area contributed by atoms with Gasteiger partial charge in [-0.05, 0) is 61.9 Å². The van der Waals surface area contributed by atoms with Crippen molar-refractivity contribution >= 4 is 28.8 Å². The van der Waals surface area contributed by atoms with Crippen LogP contribution in [0.25, 0.3) is 16.9 Å². The molecular formula is C26H19ClF4N6O. The lowest BCUT2D eigenvalue weighted by Gasteiger charge is -2.11. The molecule has 0 fully saturated rings. The lowest BCUT2D eigenvalue weighted by atomic mass is 10.1. The van der Waals surface area contributed by atoms with Crippen molar-refractivity contribution in [2.75, 3.05) is 5.32 Å². The van der Waals surface area contributed by atoms with Crippen LogP contribution in [0.4, 0.5) is 23.2 Å². The SMILES string of the molecule is Cc1nn(Cc2cccc(Cl)c2)c(C)c1NC(=O)c1cc2nc(-c3ccc(F)cc3)cc(C(F)(F)F)n2n1. The number of carbonyl (C=O) groups is 1. The molecule has 0 unspecified atom stereocenters. The molecule has 3 heterocycles. The average Bonchev–Trinajstić information content (AvgIpc) is 3.40. The molecule has 0 aliphatic carbocycles. The highest BCUT2D eigenvalue weighted by Gasteiger charge is 2.35. The predicted molar refractivity (Wildman–Crippen MR) is 134 cm³/mol. The van der Waals surface area contributed by atoms with Crippen molar-refractivity contribution in [3.8, 4) is 11.3 Å². The molecule has 3 aromatic heterocycles. The van der Waals surface area contributed by atoms with Crippen molar-refractivity contribution in [2.24, 2.45) is 0 Å². The van der Waals surface area contributed by atoms with E-state index in [0.29, 0.717) is 33.2 Å². The molecule has 0 aliphatic heterocycles. The zero-order valence-corrected chi connectivity index (χ0v) is 20.8. The third-order valence-corrected chi connectivity index (χ3v) is 6.17. The fraction of sp³-hybridized carbons (Fsp3) is 0.154.